The van der Waals surface area contributed by atoms with Gasteiger partial charge in [-0.25, -0.2) is 5.84 Å². The maximum absolute atomic E-state index is 11.7. The average molecular weight is 221 g/mol. The van der Waals surface area contributed by atoms with E-state index in [1.807, 2.05) is 0 Å². The Morgan fingerprint density at radius 2 is 2.25 bits per heavy atom. The molecule has 0 saturated heterocycles. The van der Waals surface area contributed by atoms with E-state index in [1.54, 1.807) is 12.1 Å². The molecule has 0 radical (unpaired) electrons. The highest BCUT2D eigenvalue weighted by Gasteiger charge is 2.37. The normalized spacial score (nSPS) is 16.6. The van der Waals surface area contributed by atoms with Gasteiger partial charge in [-0.3, -0.25) is 4.79 Å². The zero-order chi connectivity index (χ0) is 11.6. The number of hydrogen-bond donors (Lipinski definition) is 3. The summed E-state index contributed by atoms with van der Waals surface area (Å²) in [4.78, 5) is 11.7. The number of carbonyl (C=O) groups is 1. The first-order chi connectivity index (χ1) is 7.63. The summed E-state index contributed by atoms with van der Waals surface area (Å²) >= 11 is 0. The molecule has 1 heterocycles. The molecule has 0 atom stereocenters. The van der Waals surface area contributed by atoms with Crippen molar-refractivity contribution in [3.63, 3.8) is 0 Å². The van der Waals surface area contributed by atoms with E-state index in [4.69, 9.17) is 5.84 Å². The van der Waals surface area contributed by atoms with Gasteiger partial charge in [-0.05, 0) is 30.4 Å². The van der Waals surface area contributed by atoms with Crippen molar-refractivity contribution >= 4 is 11.7 Å². The topological polar surface area (TPSA) is 92.9 Å². The zero-order valence-electron chi connectivity index (χ0n) is 9.16. The molecule has 1 aromatic heterocycles. The Morgan fingerprint density at radius 3 is 2.75 bits per heavy atom. The summed E-state index contributed by atoms with van der Waals surface area (Å²) in [6.07, 6.45) is 2.35. The van der Waals surface area contributed by atoms with E-state index in [0.29, 0.717) is 23.5 Å². The van der Waals surface area contributed by atoms with E-state index in [-0.39, 0.29) is 5.91 Å². The van der Waals surface area contributed by atoms with Crippen molar-refractivity contribution < 1.29 is 4.79 Å². The van der Waals surface area contributed by atoms with Crippen LogP contribution in [0.2, 0.25) is 0 Å². The molecule has 1 aromatic rings. The monoisotopic (exact) mass is 221 g/mol. The summed E-state index contributed by atoms with van der Waals surface area (Å²) in [5.41, 5.74) is 2.96. The molecule has 1 aliphatic rings. The molecule has 4 N–H and O–H groups in total. The van der Waals surface area contributed by atoms with Crippen LogP contribution in [-0.4, -0.2) is 22.6 Å². The maximum atomic E-state index is 11.7. The quantitative estimate of drug-likeness (QED) is 0.502. The summed E-state index contributed by atoms with van der Waals surface area (Å²) in [7, 11) is 0. The number of nitrogens with zero attached hydrogens (tertiary/aromatic N) is 2. The third-order valence-corrected chi connectivity index (χ3v) is 2.82. The highest BCUT2D eigenvalue weighted by atomic mass is 16.1. The fraction of sp³-hybridized carbons (Fsp3) is 0.500. The molecule has 2 rings (SSSR count). The predicted octanol–water partition coefficient (Wildman–Crippen LogP) is 0.292. The first kappa shape index (κ1) is 10.8. The lowest BCUT2D eigenvalue weighted by atomic mass is 10.1. The number of hydrogen-bond acceptors (Lipinski definition) is 5. The van der Waals surface area contributed by atoms with E-state index in [9.17, 15) is 4.79 Å². The van der Waals surface area contributed by atoms with Gasteiger partial charge in [0.2, 0.25) is 0 Å². The number of aromatic nitrogens is 2. The zero-order valence-corrected chi connectivity index (χ0v) is 9.16. The number of nitrogens with one attached hydrogen (secondary N) is 2. The van der Waals surface area contributed by atoms with Gasteiger partial charge in [-0.2, -0.15) is 0 Å². The minimum atomic E-state index is -0.191. The molecule has 6 nitrogen and oxygen atoms in total. The van der Waals surface area contributed by atoms with Gasteiger partial charge in [0.25, 0.3) is 5.91 Å². The molecule has 1 saturated carbocycles. The second-order valence-electron chi connectivity index (χ2n) is 4.44. The minimum Gasteiger partial charge on any atom is -0.350 e. The Labute approximate surface area is 93.6 Å². The number of anilines is 1. The van der Waals surface area contributed by atoms with Gasteiger partial charge in [0.15, 0.2) is 11.5 Å². The number of carbonyl (C=O) groups excluding carboxylic acids is 1. The Hall–Kier alpha value is -1.69. The van der Waals surface area contributed by atoms with Crippen LogP contribution >= 0.6 is 0 Å². The van der Waals surface area contributed by atoms with Gasteiger partial charge in [0, 0.05) is 6.54 Å². The van der Waals surface area contributed by atoms with Gasteiger partial charge in [0.1, 0.15) is 0 Å². The Kier molecular flexibility index (Phi) is 2.74. The van der Waals surface area contributed by atoms with Gasteiger partial charge in [-0.1, -0.05) is 6.92 Å². The molecule has 0 bridgehead atoms. The highest BCUT2D eigenvalue weighted by Crippen LogP contribution is 2.44. The van der Waals surface area contributed by atoms with Crippen LogP contribution < -0.4 is 16.6 Å². The van der Waals surface area contributed by atoms with Crippen LogP contribution in [0.5, 0.6) is 0 Å². The standard InChI is InChI=1S/C10H15N5O/c1-10(4-5-10)6-12-9(16)7-2-3-8(13-11)15-14-7/h2-3H,4-6,11H2,1H3,(H,12,16)(H,13,15). The smallest absolute Gasteiger partial charge is 0.271 e. The third kappa shape index (κ3) is 2.46. The number of rotatable bonds is 4. The molecule has 1 fully saturated rings. The second kappa shape index (κ2) is 4.05. The molecular weight excluding hydrogens is 206 g/mol. The van der Waals surface area contributed by atoms with Crippen molar-refractivity contribution in [1.82, 2.24) is 15.5 Å². The van der Waals surface area contributed by atoms with Crippen LogP contribution in [0.15, 0.2) is 12.1 Å². The summed E-state index contributed by atoms with van der Waals surface area (Å²) in [5, 5.41) is 10.3. The van der Waals surface area contributed by atoms with Crippen LogP contribution in [0, 0.1) is 5.41 Å². The average Bonchev–Trinajstić information content (AvgIpc) is 3.05. The molecular formula is C10H15N5O. The second-order valence-corrected chi connectivity index (χ2v) is 4.44. The molecule has 0 spiro atoms. The summed E-state index contributed by atoms with van der Waals surface area (Å²) in [6, 6.07) is 3.20. The van der Waals surface area contributed by atoms with Crippen molar-refractivity contribution in [2.45, 2.75) is 19.8 Å². The first-order valence-electron chi connectivity index (χ1n) is 5.21. The Morgan fingerprint density at radius 1 is 1.50 bits per heavy atom. The van der Waals surface area contributed by atoms with Crippen LogP contribution in [0.4, 0.5) is 5.82 Å². The summed E-state index contributed by atoms with van der Waals surface area (Å²) in [5.74, 6) is 5.39. The van der Waals surface area contributed by atoms with Crippen molar-refractivity contribution in [3.8, 4) is 0 Å². The van der Waals surface area contributed by atoms with E-state index in [2.05, 4.69) is 27.9 Å². The van der Waals surface area contributed by atoms with Gasteiger partial charge < -0.3 is 10.7 Å². The summed E-state index contributed by atoms with van der Waals surface area (Å²) in [6.45, 7) is 2.85. The van der Waals surface area contributed by atoms with Crippen molar-refractivity contribution in [2.75, 3.05) is 12.0 Å². The van der Waals surface area contributed by atoms with E-state index in [1.165, 1.54) is 12.8 Å². The Balaban J connectivity index is 1.92. The fourth-order valence-corrected chi connectivity index (χ4v) is 1.30. The van der Waals surface area contributed by atoms with Crippen LogP contribution in [0.3, 0.4) is 0 Å². The molecule has 16 heavy (non-hydrogen) atoms. The molecule has 0 aliphatic heterocycles. The summed E-state index contributed by atoms with van der Waals surface area (Å²) < 4.78 is 0. The maximum Gasteiger partial charge on any atom is 0.271 e. The lowest BCUT2D eigenvalue weighted by molar-refractivity contribution is 0.0940. The lowest BCUT2D eigenvalue weighted by Gasteiger charge is -2.09. The van der Waals surface area contributed by atoms with Crippen molar-refractivity contribution in [3.05, 3.63) is 17.8 Å². The van der Waals surface area contributed by atoms with Gasteiger partial charge in [0.05, 0.1) is 0 Å². The minimum absolute atomic E-state index is 0.191. The molecule has 6 heteroatoms. The van der Waals surface area contributed by atoms with Crippen LogP contribution in [0.1, 0.15) is 30.3 Å². The molecule has 0 aromatic carbocycles. The van der Waals surface area contributed by atoms with Gasteiger partial charge in [-0.15, -0.1) is 10.2 Å². The molecule has 86 valence electrons. The van der Waals surface area contributed by atoms with Crippen LogP contribution in [-0.2, 0) is 0 Å². The van der Waals surface area contributed by atoms with Gasteiger partial charge >= 0.3 is 0 Å². The number of nitrogen functional groups attached to an aromatic ring is 1. The predicted molar refractivity (Wildman–Crippen MR) is 59.5 cm³/mol. The molecule has 1 aliphatic carbocycles. The van der Waals surface area contributed by atoms with Crippen molar-refractivity contribution in [1.29, 1.82) is 0 Å². The van der Waals surface area contributed by atoms with E-state index >= 15 is 0 Å². The first-order valence-corrected chi connectivity index (χ1v) is 5.21. The number of hydrazine groups is 1. The molecule has 1 amide bonds. The lowest BCUT2D eigenvalue weighted by Crippen LogP contribution is -2.29. The number of amides is 1. The Bertz CT molecular complexity index is 385. The van der Waals surface area contributed by atoms with Crippen molar-refractivity contribution in [2.24, 2.45) is 11.3 Å². The van der Waals surface area contributed by atoms with E-state index < -0.39 is 0 Å². The largest absolute Gasteiger partial charge is 0.350 e. The molecule has 0 unspecified atom stereocenters. The van der Waals surface area contributed by atoms with E-state index in [0.717, 1.165) is 0 Å². The highest BCUT2D eigenvalue weighted by molar-refractivity contribution is 5.92. The van der Waals surface area contributed by atoms with Crippen LogP contribution in [0.25, 0.3) is 0 Å². The number of nitrogens with two attached hydrogens (primary N) is 1. The third-order valence-electron chi connectivity index (χ3n) is 2.82. The SMILES string of the molecule is CC1(CNC(=O)c2ccc(NN)nn2)CC1. The fourth-order valence-electron chi connectivity index (χ4n) is 1.30.